The Balaban J connectivity index is 0.000000411. The number of hydrogen-bond acceptors (Lipinski definition) is 4. The van der Waals surface area contributed by atoms with Gasteiger partial charge in [-0.05, 0) is 25.1 Å². The molecule has 0 saturated heterocycles. The summed E-state index contributed by atoms with van der Waals surface area (Å²) in [6.07, 6.45) is 0. The molecule has 1 rings (SSSR count). The van der Waals surface area contributed by atoms with Crippen molar-refractivity contribution in [2.75, 3.05) is 12.8 Å². The van der Waals surface area contributed by atoms with Crippen LogP contribution in [0.4, 0.5) is 5.69 Å². The number of nitrogen functional groups attached to an aromatic ring is 1. The van der Waals surface area contributed by atoms with Crippen LogP contribution < -0.4 is 10.5 Å². The van der Waals surface area contributed by atoms with Gasteiger partial charge in [0.25, 0.3) is 0 Å². The zero-order valence-corrected chi connectivity index (χ0v) is 10.1. The topological polar surface area (TPSA) is 110 Å². The highest BCUT2D eigenvalue weighted by atomic mass is 16.5. The van der Waals surface area contributed by atoms with Crippen LogP contribution in [-0.2, 0) is 4.79 Å². The summed E-state index contributed by atoms with van der Waals surface area (Å²) in [4.78, 5) is 20.1. The smallest absolute Gasteiger partial charge is 0.335 e. The first-order chi connectivity index (χ1) is 8.29. The molecular formula is C12H15NO5. The normalized spacial score (nSPS) is 8.78. The fourth-order valence-electron chi connectivity index (χ4n) is 0.844. The van der Waals surface area contributed by atoms with Crippen LogP contribution in [0.15, 0.2) is 30.4 Å². The van der Waals surface area contributed by atoms with E-state index < -0.39 is 11.9 Å². The number of ether oxygens (including phenoxy) is 1. The monoisotopic (exact) mass is 253 g/mol. The van der Waals surface area contributed by atoms with Crippen LogP contribution in [0.1, 0.15) is 17.3 Å². The van der Waals surface area contributed by atoms with E-state index >= 15 is 0 Å². The van der Waals surface area contributed by atoms with E-state index in [4.69, 9.17) is 20.7 Å². The van der Waals surface area contributed by atoms with E-state index in [-0.39, 0.29) is 11.1 Å². The Bertz CT molecular complexity index is 456. The Morgan fingerprint density at radius 2 is 1.83 bits per heavy atom. The van der Waals surface area contributed by atoms with E-state index in [0.29, 0.717) is 11.4 Å². The Morgan fingerprint density at radius 1 is 1.33 bits per heavy atom. The number of methoxy groups -OCH3 is 1. The van der Waals surface area contributed by atoms with Gasteiger partial charge in [0.05, 0.1) is 18.4 Å². The molecule has 0 spiro atoms. The largest absolute Gasteiger partial charge is 0.495 e. The van der Waals surface area contributed by atoms with E-state index in [1.807, 2.05) is 0 Å². The average molecular weight is 253 g/mol. The first-order valence-corrected chi connectivity index (χ1v) is 4.85. The van der Waals surface area contributed by atoms with Crippen LogP contribution in [0.2, 0.25) is 0 Å². The zero-order valence-electron chi connectivity index (χ0n) is 10.1. The number of hydrogen-bond donors (Lipinski definition) is 3. The lowest BCUT2D eigenvalue weighted by molar-refractivity contribution is -0.132. The number of anilines is 1. The maximum Gasteiger partial charge on any atom is 0.335 e. The number of carboxylic acids is 2. The summed E-state index contributed by atoms with van der Waals surface area (Å²) >= 11 is 0. The molecule has 0 aliphatic heterocycles. The second kappa shape index (κ2) is 6.95. The van der Waals surface area contributed by atoms with Gasteiger partial charge < -0.3 is 20.7 Å². The summed E-state index contributed by atoms with van der Waals surface area (Å²) in [7, 11) is 1.44. The molecule has 4 N–H and O–H groups in total. The number of aliphatic carboxylic acids is 1. The quantitative estimate of drug-likeness (QED) is 0.557. The summed E-state index contributed by atoms with van der Waals surface area (Å²) in [5.74, 6) is -1.54. The standard InChI is InChI=1S/C8H9NO3.C4H6O2/c1-12-7-4-5(8(10)11)2-3-6(7)9;1-3(2)4(5)6/h2-4H,9H2,1H3,(H,10,11);1H2,2H3,(H,5,6). The van der Waals surface area contributed by atoms with Crippen molar-refractivity contribution < 1.29 is 24.5 Å². The number of rotatable bonds is 3. The molecule has 0 saturated carbocycles. The highest BCUT2D eigenvalue weighted by Crippen LogP contribution is 2.21. The molecule has 0 bridgehead atoms. The Kier molecular flexibility index (Phi) is 5.98. The lowest BCUT2D eigenvalue weighted by Gasteiger charge is -2.03. The fraction of sp³-hybridized carbons (Fsp3) is 0.167. The molecule has 6 heteroatoms. The molecule has 0 unspecified atom stereocenters. The highest BCUT2D eigenvalue weighted by Gasteiger charge is 2.05. The van der Waals surface area contributed by atoms with Crippen molar-refractivity contribution >= 4 is 17.6 Å². The van der Waals surface area contributed by atoms with Gasteiger partial charge in [0.15, 0.2) is 0 Å². The Labute approximate surface area is 104 Å². The van der Waals surface area contributed by atoms with Crippen LogP contribution in [-0.4, -0.2) is 29.3 Å². The van der Waals surface area contributed by atoms with Crippen molar-refractivity contribution in [2.24, 2.45) is 0 Å². The van der Waals surface area contributed by atoms with Crippen molar-refractivity contribution in [1.82, 2.24) is 0 Å². The second-order valence-electron chi connectivity index (χ2n) is 3.35. The first-order valence-electron chi connectivity index (χ1n) is 4.85. The molecule has 1 aromatic rings. The van der Waals surface area contributed by atoms with Crippen LogP contribution >= 0.6 is 0 Å². The molecule has 0 aromatic heterocycles. The SMILES string of the molecule is C=C(C)C(=O)O.COc1cc(C(=O)O)ccc1N. The minimum atomic E-state index is -0.992. The molecule has 0 aliphatic rings. The molecule has 0 radical (unpaired) electrons. The van der Waals surface area contributed by atoms with E-state index in [2.05, 4.69) is 6.58 Å². The van der Waals surface area contributed by atoms with Gasteiger partial charge in [-0.1, -0.05) is 6.58 Å². The van der Waals surface area contributed by atoms with Gasteiger partial charge in [0.1, 0.15) is 5.75 Å². The van der Waals surface area contributed by atoms with Gasteiger partial charge in [-0.3, -0.25) is 0 Å². The zero-order chi connectivity index (χ0) is 14.3. The van der Waals surface area contributed by atoms with E-state index in [1.165, 1.54) is 32.2 Å². The van der Waals surface area contributed by atoms with Gasteiger partial charge in [0.2, 0.25) is 0 Å². The van der Waals surface area contributed by atoms with Crippen LogP contribution in [0, 0.1) is 0 Å². The second-order valence-corrected chi connectivity index (χ2v) is 3.35. The molecule has 0 fully saturated rings. The van der Waals surface area contributed by atoms with Crippen molar-refractivity contribution in [3.63, 3.8) is 0 Å². The molecule has 1 aromatic carbocycles. The summed E-state index contributed by atoms with van der Waals surface area (Å²) in [6, 6.07) is 4.32. The number of aromatic carboxylic acids is 1. The number of nitrogens with two attached hydrogens (primary N) is 1. The summed E-state index contributed by atoms with van der Waals surface area (Å²) in [5.41, 5.74) is 6.26. The summed E-state index contributed by atoms with van der Waals surface area (Å²) in [5, 5.41) is 16.5. The van der Waals surface area contributed by atoms with E-state index in [0.717, 1.165) is 0 Å². The minimum Gasteiger partial charge on any atom is -0.495 e. The molecular weight excluding hydrogens is 238 g/mol. The Hall–Kier alpha value is -2.50. The average Bonchev–Trinajstić information content (AvgIpc) is 2.30. The minimum absolute atomic E-state index is 0.168. The third-order valence-corrected chi connectivity index (χ3v) is 1.85. The number of carboxylic acid groups (broad SMARTS) is 2. The molecule has 18 heavy (non-hydrogen) atoms. The van der Waals surface area contributed by atoms with E-state index in [9.17, 15) is 9.59 Å². The van der Waals surface area contributed by atoms with Crippen molar-refractivity contribution in [2.45, 2.75) is 6.92 Å². The molecule has 98 valence electrons. The predicted octanol–water partition coefficient (Wildman–Crippen LogP) is 1.62. The number of carbonyl (C=O) groups is 2. The molecule has 0 amide bonds. The van der Waals surface area contributed by atoms with Crippen molar-refractivity contribution in [3.05, 3.63) is 35.9 Å². The Morgan fingerprint density at radius 3 is 2.17 bits per heavy atom. The van der Waals surface area contributed by atoms with E-state index in [1.54, 1.807) is 0 Å². The third kappa shape index (κ3) is 5.02. The predicted molar refractivity (Wildman–Crippen MR) is 66.8 cm³/mol. The van der Waals surface area contributed by atoms with Crippen LogP contribution in [0.25, 0.3) is 0 Å². The van der Waals surface area contributed by atoms with Gasteiger partial charge in [-0.15, -0.1) is 0 Å². The third-order valence-electron chi connectivity index (χ3n) is 1.85. The van der Waals surface area contributed by atoms with Crippen molar-refractivity contribution in [1.29, 1.82) is 0 Å². The van der Waals surface area contributed by atoms with Crippen LogP contribution in [0.3, 0.4) is 0 Å². The maximum atomic E-state index is 10.5. The lowest BCUT2D eigenvalue weighted by atomic mass is 10.2. The van der Waals surface area contributed by atoms with Gasteiger partial charge in [-0.25, -0.2) is 9.59 Å². The summed E-state index contributed by atoms with van der Waals surface area (Å²) < 4.78 is 4.85. The molecule has 6 nitrogen and oxygen atoms in total. The van der Waals surface area contributed by atoms with Gasteiger partial charge >= 0.3 is 11.9 Å². The number of benzene rings is 1. The fourth-order valence-corrected chi connectivity index (χ4v) is 0.844. The maximum absolute atomic E-state index is 10.5. The van der Waals surface area contributed by atoms with Gasteiger partial charge in [-0.2, -0.15) is 0 Å². The first kappa shape index (κ1) is 15.5. The van der Waals surface area contributed by atoms with Crippen LogP contribution in [0.5, 0.6) is 5.75 Å². The molecule has 0 aliphatic carbocycles. The molecule has 0 atom stereocenters. The van der Waals surface area contributed by atoms with Crippen molar-refractivity contribution in [3.8, 4) is 5.75 Å². The molecule has 0 heterocycles. The van der Waals surface area contributed by atoms with Gasteiger partial charge in [0, 0.05) is 5.57 Å². The lowest BCUT2D eigenvalue weighted by Crippen LogP contribution is -1.99. The summed E-state index contributed by atoms with van der Waals surface area (Å²) in [6.45, 7) is 4.60. The highest BCUT2D eigenvalue weighted by molar-refractivity contribution is 5.89.